The Kier molecular flexibility index (Phi) is 3.11. The van der Waals surface area contributed by atoms with Crippen LogP contribution in [0.3, 0.4) is 0 Å². The Labute approximate surface area is 90.4 Å². The summed E-state index contributed by atoms with van der Waals surface area (Å²) >= 11 is 0. The molecule has 0 aliphatic carbocycles. The third-order valence-electron chi connectivity index (χ3n) is 2.63. The summed E-state index contributed by atoms with van der Waals surface area (Å²) in [6.45, 7) is 3.98. The highest BCUT2D eigenvalue weighted by Gasteiger charge is 2.25. The number of hydrogen-bond donors (Lipinski definition) is 1. The maximum Gasteiger partial charge on any atom is 0.164 e. The standard InChI is InChI=1S/C12H17NO2/c1-3-13-8-10-7-9-5-4-6-11(14-2)12(9)15-10/h4-6,10,13H,3,7-8H2,1-2H3. The maximum atomic E-state index is 5.84. The van der Waals surface area contributed by atoms with Crippen molar-refractivity contribution in [3.05, 3.63) is 23.8 Å². The van der Waals surface area contributed by atoms with Crippen LogP contribution in [0, 0.1) is 0 Å². The third kappa shape index (κ3) is 2.07. The Hall–Kier alpha value is -1.22. The fourth-order valence-electron chi connectivity index (χ4n) is 1.89. The van der Waals surface area contributed by atoms with E-state index >= 15 is 0 Å². The summed E-state index contributed by atoms with van der Waals surface area (Å²) in [6, 6.07) is 6.05. The van der Waals surface area contributed by atoms with E-state index in [1.165, 1.54) is 5.56 Å². The molecule has 1 unspecified atom stereocenters. The van der Waals surface area contributed by atoms with Crippen molar-refractivity contribution in [2.75, 3.05) is 20.2 Å². The first-order valence-corrected chi connectivity index (χ1v) is 5.38. The molecule has 1 N–H and O–H groups in total. The lowest BCUT2D eigenvalue weighted by molar-refractivity contribution is 0.220. The van der Waals surface area contributed by atoms with E-state index in [1.807, 2.05) is 12.1 Å². The molecular weight excluding hydrogens is 190 g/mol. The molecule has 0 radical (unpaired) electrons. The van der Waals surface area contributed by atoms with Crippen LogP contribution in [0.1, 0.15) is 12.5 Å². The van der Waals surface area contributed by atoms with Crippen LogP contribution < -0.4 is 14.8 Å². The van der Waals surface area contributed by atoms with Gasteiger partial charge in [-0.05, 0) is 12.6 Å². The minimum Gasteiger partial charge on any atom is -0.493 e. The average Bonchev–Trinajstić information content (AvgIpc) is 2.68. The fraction of sp³-hybridized carbons (Fsp3) is 0.500. The lowest BCUT2D eigenvalue weighted by Crippen LogP contribution is -2.29. The van der Waals surface area contributed by atoms with Crippen LogP contribution in [0.25, 0.3) is 0 Å². The fourth-order valence-corrected chi connectivity index (χ4v) is 1.89. The molecule has 0 saturated carbocycles. The molecule has 0 aromatic heterocycles. The van der Waals surface area contributed by atoms with Gasteiger partial charge in [0.25, 0.3) is 0 Å². The Morgan fingerprint density at radius 1 is 1.53 bits per heavy atom. The molecule has 0 saturated heterocycles. The predicted octanol–water partition coefficient (Wildman–Crippen LogP) is 1.61. The number of rotatable bonds is 4. The highest BCUT2D eigenvalue weighted by molar-refractivity contribution is 5.49. The summed E-state index contributed by atoms with van der Waals surface area (Å²) in [5, 5.41) is 3.30. The number of likely N-dealkylation sites (N-methyl/N-ethyl adjacent to an activating group) is 1. The van der Waals surface area contributed by atoms with E-state index in [-0.39, 0.29) is 6.10 Å². The molecule has 2 rings (SSSR count). The topological polar surface area (TPSA) is 30.5 Å². The highest BCUT2D eigenvalue weighted by atomic mass is 16.5. The van der Waals surface area contributed by atoms with Crippen LogP contribution in [0.5, 0.6) is 11.5 Å². The summed E-state index contributed by atoms with van der Waals surface area (Å²) in [4.78, 5) is 0. The first kappa shape index (κ1) is 10.3. The number of fused-ring (bicyclic) bond motifs is 1. The number of ether oxygens (including phenoxy) is 2. The third-order valence-corrected chi connectivity index (χ3v) is 2.63. The number of hydrogen-bond acceptors (Lipinski definition) is 3. The van der Waals surface area contributed by atoms with Crippen molar-refractivity contribution >= 4 is 0 Å². The SMILES string of the molecule is CCNCC1Cc2cccc(OC)c2O1. The number of methoxy groups -OCH3 is 1. The van der Waals surface area contributed by atoms with Gasteiger partial charge in [-0.3, -0.25) is 0 Å². The van der Waals surface area contributed by atoms with E-state index in [2.05, 4.69) is 18.3 Å². The van der Waals surface area contributed by atoms with Crippen LogP contribution >= 0.6 is 0 Å². The molecule has 1 aliphatic heterocycles. The van der Waals surface area contributed by atoms with Crippen LogP contribution in [0.15, 0.2) is 18.2 Å². The first-order chi connectivity index (χ1) is 7.35. The molecule has 0 spiro atoms. The zero-order valence-electron chi connectivity index (χ0n) is 9.25. The largest absolute Gasteiger partial charge is 0.493 e. The van der Waals surface area contributed by atoms with Gasteiger partial charge in [-0.2, -0.15) is 0 Å². The smallest absolute Gasteiger partial charge is 0.164 e. The summed E-state index contributed by atoms with van der Waals surface area (Å²) in [7, 11) is 1.68. The Morgan fingerprint density at radius 3 is 3.13 bits per heavy atom. The second-order valence-corrected chi connectivity index (χ2v) is 3.70. The van der Waals surface area contributed by atoms with Gasteiger partial charge < -0.3 is 14.8 Å². The Balaban J connectivity index is 2.09. The maximum absolute atomic E-state index is 5.84. The second kappa shape index (κ2) is 4.53. The lowest BCUT2D eigenvalue weighted by atomic mass is 10.1. The monoisotopic (exact) mass is 207 g/mol. The molecule has 0 bridgehead atoms. The molecule has 3 nitrogen and oxygen atoms in total. The van der Waals surface area contributed by atoms with E-state index in [0.717, 1.165) is 31.0 Å². The van der Waals surface area contributed by atoms with E-state index in [9.17, 15) is 0 Å². The van der Waals surface area contributed by atoms with Gasteiger partial charge in [0.05, 0.1) is 7.11 Å². The Bertz CT molecular complexity index is 338. The quantitative estimate of drug-likeness (QED) is 0.813. The number of para-hydroxylation sites is 1. The van der Waals surface area contributed by atoms with Gasteiger partial charge in [0, 0.05) is 18.5 Å². The highest BCUT2D eigenvalue weighted by Crippen LogP contribution is 2.37. The van der Waals surface area contributed by atoms with Gasteiger partial charge in [0.1, 0.15) is 6.10 Å². The minimum absolute atomic E-state index is 0.247. The summed E-state index contributed by atoms with van der Waals surface area (Å²) in [5.74, 6) is 1.76. The Morgan fingerprint density at radius 2 is 2.40 bits per heavy atom. The molecule has 0 amide bonds. The summed E-state index contributed by atoms with van der Waals surface area (Å²) in [5.41, 5.74) is 1.25. The van der Waals surface area contributed by atoms with Crippen molar-refractivity contribution in [2.24, 2.45) is 0 Å². The van der Waals surface area contributed by atoms with Gasteiger partial charge in [0.15, 0.2) is 11.5 Å². The lowest BCUT2D eigenvalue weighted by Gasteiger charge is -2.11. The molecule has 3 heteroatoms. The van der Waals surface area contributed by atoms with Crippen molar-refractivity contribution in [1.82, 2.24) is 5.32 Å². The molecule has 1 heterocycles. The normalized spacial score (nSPS) is 18.4. The van der Waals surface area contributed by atoms with Gasteiger partial charge in [0.2, 0.25) is 0 Å². The van der Waals surface area contributed by atoms with Crippen LogP contribution in [0.2, 0.25) is 0 Å². The van der Waals surface area contributed by atoms with Crippen molar-refractivity contribution < 1.29 is 9.47 Å². The molecule has 1 aromatic rings. The van der Waals surface area contributed by atoms with Crippen LogP contribution in [-0.4, -0.2) is 26.3 Å². The number of nitrogens with one attached hydrogen (secondary N) is 1. The minimum atomic E-state index is 0.247. The first-order valence-electron chi connectivity index (χ1n) is 5.38. The molecule has 1 aliphatic rings. The van der Waals surface area contributed by atoms with E-state index in [4.69, 9.17) is 9.47 Å². The van der Waals surface area contributed by atoms with Crippen molar-refractivity contribution in [3.8, 4) is 11.5 Å². The van der Waals surface area contributed by atoms with Crippen LogP contribution in [0.4, 0.5) is 0 Å². The summed E-state index contributed by atoms with van der Waals surface area (Å²) < 4.78 is 11.1. The van der Waals surface area contributed by atoms with Crippen molar-refractivity contribution in [1.29, 1.82) is 0 Å². The van der Waals surface area contributed by atoms with Crippen LogP contribution in [-0.2, 0) is 6.42 Å². The van der Waals surface area contributed by atoms with Crippen molar-refractivity contribution in [3.63, 3.8) is 0 Å². The number of benzene rings is 1. The van der Waals surface area contributed by atoms with E-state index in [0.29, 0.717) is 0 Å². The average molecular weight is 207 g/mol. The summed E-state index contributed by atoms with van der Waals surface area (Å²) in [6.07, 6.45) is 1.22. The van der Waals surface area contributed by atoms with E-state index < -0.39 is 0 Å². The zero-order chi connectivity index (χ0) is 10.7. The molecule has 1 atom stereocenters. The van der Waals surface area contributed by atoms with Gasteiger partial charge >= 0.3 is 0 Å². The molecule has 82 valence electrons. The molecule has 1 aromatic carbocycles. The van der Waals surface area contributed by atoms with E-state index in [1.54, 1.807) is 7.11 Å². The van der Waals surface area contributed by atoms with Crippen molar-refractivity contribution in [2.45, 2.75) is 19.4 Å². The second-order valence-electron chi connectivity index (χ2n) is 3.70. The van der Waals surface area contributed by atoms with Gasteiger partial charge in [-0.25, -0.2) is 0 Å². The predicted molar refractivity (Wildman–Crippen MR) is 59.7 cm³/mol. The molecular formula is C12H17NO2. The van der Waals surface area contributed by atoms with Gasteiger partial charge in [-0.15, -0.1) is 0 Å². The van der Waals surface area contributed by atoms with Gasteiger partial charge in [-0.1, -0.05) is 19.1 Å². The molecule has 0 fully saturated rings. The molecule has 15 heavy (non-hydrogen) atoms. The zero-order valence-corrected chi connectivity index (χ0v) is 9.25.